The summed E-state index contributed by atoms with van der Waals surface area (Å²) in [5.74, 6) is 0. The zero-order valence-corrected chi connectivity index (χ0v) is 13.4. The number of nitrogens with one attached hydrogen (secondary N) is 1. The molecule has 4 rings (SSSR count). The number of nitrogens with two attached hydrogens (primary N) is 1. The average Bonchev–Trinajstić information content (AvgIpc) is 2.61. The molecule has 0 amide bonds. The molecule has 1 heterocycles. The summed E-state index contributed by atoms with van der Waals surface area (Å²) in [6.07, 6.45) is 5.89. The quantitative estimate of drug-likeness (QED) is 0.565. The molecule has 0 unspecified atom stereocenters. The van der Waals surface area contributed by atoms with Crippen LogP contribution in [0.15, 0.2) is 36.4 Å². The summed E-state index contributed by atoms with van der Waals surface area (Å²) < 4.78 is 0. The summed E-state index contributed by atoms with van der Waals surface area (Å²) in [6.45, 7) is 1.61. The van der Waals surface area contributed by atoms with E-state index in [1.165, 1.54) is 52.4 Å². The van der Waals surface area contributed by atoms with Crippen molar-refractivity contribution in [3.8, 4) is 0 Å². The van der Waals surface area contributed by atoms with Crippen LogP contribution in [0.25, 0.3) is 21.8 Å². The third-order valence-corrected chi connectivity index (χ3v) is 4.86. The third-order valence-electron chi connectivity index (χ3n) is 4.86. The normalized spacial score (nSPS) is 14.1. The lowest BCUT2D eigenvalue weighted by Crippen LogP contribution is -2.10. The van der Waals surface area contributed by atoms with Gasteiger partial charge >= 0.3 is 0 Å². The van der Waals surface area contributed by atoms with E-state index in [2.05, 4.69) is 41.7 Å². The number of hydrogen-bond acceptors (Lipinski definition) is 3. The Morgan fingerprint density at radius 2 is 1.87 bits per heavy atom. The lowest BCUT2D eigenvalue weighted by molar-refractivity contribution is 0.689. The van der Waals surface area contributed by atoms with Gasteiger partial charge in [-0.1, -0.05) is 30.3 Å². The third kappa shape index (κ3) is 2.55. The number of rotatable bonds is 4. The molecule has 23 heavy (non-hydrogen) atoms. The molecular formula is C20H23N3. The Kier molecular flexibility index (Phi) is 3.88. The Labute approximate surface area is 136 Å². The van der Waals surface area contributed by atoms with E-state index in [1.54, 1.807) is 0 Å². The van der Waals surface area contributed by atoms with E-state index in [9.17, 15) is 0 Å². The summed E-state index contributed by atoms with van der Waals surface area (Å²) in [5.41, 5.74) is 12.1. The van der Waals surface area contributed by atoms with Gasteiger partial charge in [0, 0.05) is 17.3 Å². The van der Waals surface area contributed by atoms with Crippen LogP contribution in [0, 0.1) is 0 Å². The van der Waals surface area contributed by atoms with E-state index in [0.29, 0.717) is 6.54 Å². The number of anilines is 1. The van der Waals surface area contributed by atoms with Crippen LogP contribution in [0.1, 0.15) is 30.4 Å². The first-order valence-electron chi connectivity index (χ1n) is 8.65. The van der Waals surface area contributed by atoms with Crippen molar-refractivity contribution in [1.29, 1.82) is 0 Å². The van der Waals surface area contributed by atoms with Crippen molar-refractivity contribution in [3.05, 3.63) is 47.5 Å². The van der Waals surface area contributed by atoms with Crippen LogP contribution in [0.2, 0.25) is 0 Å². The Balaban J connectivity index is 1.97. The van der Waals surface area contributed by atoms with Crippen molar-refractivity contribution < 1.29 is 0 Å². The smallest absolute Gasteiger partial charge is 0.0765 e. The average molecular weight is 305 g/mol. The zero-order chi connectivity index (χ0) is 15.6. The van der Waals surface area contributed by atoms with Crippen molar-refractivity contribution in [2.45, 2.75) is 32.1 Å². The summed E-state index contributed by atoms with van der Waals surface area (Å²) in [7, 11) is 0. The van der Waals surface area contributed by atoms with Crippen LogP contribution in [0.4, 0.5) is 5.69 Å². The Bertz CT molecular complexity index is 854. The maximum Gasteiger partial charge on any atom is 0.0765 e. The first kappa shape index (κ1) is 14.5. The van der Waals surface area contributed by atoms with Crippen LogP contribution in [-0.4, -0.2) is 18.1 Å². The Morgan fingerprint density at radius 3 is 2.78 bits per heavy atom. The summed E-state index contributed by atoms with van der Waals surface area (Å²) >= 11 is 0. The van der Waals surface area contributed by atoms with Gasteiger partial charge in [0.05, 0.1) is 16.7 Å². The van der Waals surface area contributed by atoms with Gasteiger partial charge in [0.15, 0.2) is 0 Å². The SMILES string of the molecule is NCCCNc1c2ccccc2nc2c3c(ccc12)CCCC3. The predicted octanol–water partition coefficient (Wildman–Crippen LogP) is 4.03. The molecule has 0 spiro atoms. The van der Waals surface area contributed by atoms with Gasteiger partial charge in [-0.05, 0) is 55.8 Å². The summed E-state index contributed by atoms with van der Waals surface area (Å²) in [6, 6.07) is 13.0. The second-order valence-corrected chi connectivity index (χ2v) is 6.38. The first-order chi connectivity index (χ1) is 11.4. The maximum atomic E-state index is 5.66. The van der Waals surface area contributed by atoms with Crippen LogP contribution in [0.5, 0.6) is 0 Å². The van der Waals surface area contributed by atoms with Gasteiger partial charge in [0.1, 0.15) is 0 Å². The largest absolute Gasteiger partial charge is 0.384 e. The topological polar surface area (TPSA) is 50.9 Å². The van der Waals surface area contributed by atoms with Gasteiger partial charge in [-0.25, -0.2) is 4.98 Å². The minimum absolute atomic E-state index is 0.712. The fourth-order valence-electron chi connectivity index (χ4n) is 3.69. The van der Waals surface area contributed by atoms with Crippen LogP contribution in [-0.2, 0) is 12.8 Å². The molecule has 2 aromatic carbocycles. The molecule has 118 valence electrons. The molecule has 0 saturated carbocycles. The second kappa shape index (κ2) is 6.17. The van der Waals surface area contributed by atoms with E-state index >= 15 is 0 Å². The standard InChI is InChI=1S/C20H23N3/c21-12-5-13-22-19-16-8-3-4-9-18(16)23-20-15-7-2-1-6-14(15)10-11-17(19)20/h3-4,8-11H,1-2,5-7,12-13,21H2,(H,22,23). The zero-order valence-electron chi connectivity index (χ0n) is 13.4. The Morgan fingerprint density at radius 1 is 1.00 bits per heavy atom. The van der Waals surface area contributed by atoms with Gasteiger partial charge < -0.3 is 11.1 Å². The minimum atomic E-state index is 0.712. The molecule has 0 atom stereocenters. The number of aryl methyl sites for hydroxylation is 2. The molecule has 1 aliphatic rings. The van der Waals surface area contributed by atoms with Crippen molar-refractivity contribution in [1.82, 2.24) is 4.98 Å². The highest BCUT2D eigenvalue weighted by atomic mass is 14.9. The Hall–Kier alpha value is -2.13. The van der Waals surface area contributed by atoms with E-state index in [4.69, 9.17) is 10.7 Å². The van der Waals surface area contributed by atoms with E-state index in [0.717, 1.165) is 24.9 Å². The van der Waals surface area contributed by atoms with Crippen molar-refractivity contribution >= 4 is 27.5 Å². The van der Waals surface area contributed by atoms with Gasteiger partial charge in [0.25, 0.3) is 0 Å². The summed E-state index contributed by atoms with van der Waals surface area (Å²) in [5, 5.41) is 6.07. The molecule has 3 N–H and O–H groups in total. The highest BCUT2D eigenvalue weighted by molar-refractivity contribution is 6.08. The molecule has 3 heteroatoms. The lowest BCUT2D eigenvalue weighted by atomic mass is 9.89. The van der Waals surface area contributed by atoms with Crippen molar-refractivity contribution in [3.63, 3.8) is 0 Å². The molecule has 3 nitrogen and oxygen atoms in total. The fourth-order valence-corrected chi connectivity index (χ4v) is 3.69. The number of fused-ring (bicyclic) bond motifs is 4. The lowest BCUT2D eigenvalue weighted by Gasteiger charge is -2.20. The summed E-state index contributed by atoms with van der Waals surface area (Å²) in [4.78, 5) is 5.02. The molecule has 0 fully saturated rings. The molecule has 0 saturated heterocycles. The molecule has 0 radical (unpaired) electrons. The predicted molar refractivity (Wildman–Crippen MR) is 98.1 cm³/mol. The monoisotopic (exact) mass is 305 g/mol. The van der Waals surface area contributed by atoms with Gasteiger partial charge in [-0.2, -0.15) is 0 Å². The van der Waals surface area contributed by atoms with E-state index in [-0.39, 0.29) is 0 Å². The van der Waals surface area contributed by atoms with Crippen LogP contribution < -0.4 is 11.1 Å². The van der Waals surface area contributed by atoms with E-state index in [1.807, 2.05) is 0 Å². The van der Waals surface area contributed by atoms with Gasteiger partial charge in [-0.15, -0.1) is 0 Å². The highest BCUT2D eigenvalue weighted by Crippen LogP contribution is 2.35. The first-order valence-corrected chi connectivity index (χ1v) is 8.65. The number of hydrogen-bond donors (Lipinski definition) is 2. The fraction of sp³-hybridized carbons (Fsp3) is 0.350. The molecule has 0 bridgehead atoms. The van der Waals surface area contributed by atoms with Crippen molar-refractivity contribution in [2.24, 2.45) is 5.73 Å². The van der Waals surface area contributed by atoms with Crippen LogP contribution in [0.3, 0.4) is 0 Å². The second-order valence-electron chi connectivity index (χ2n) is 6.38. The minimum Gasteiger partial charge on any atom is -0.384 e. The number of aromatic nitrogens is 1. The number of benzene rings is 2. The van der Waals surface area contributed by atoms with Crippen LogP contribution >= 0.6 is 0 Å². The van der Waals surface area contributed by atoms with Gasteiger partial charge in [-0.3, -0.25) is 0 Å². The highest BCUT2D eigenvalue weighted by Gasteiger charge is 2.16. The molecule has 1 aromatic heterocycles. The van der Waals surface area contributed by atoms with Crippen molar-refractivity contribution in [2.75, 3.05) is 18.4 Å². The number of pyridine rings is 1. The molecule has 0 aliphatic heterocycles. The number of para-hydroxylation sites is 1. The molecule has 3 aromatic rings. The van der Waals surface area contributed by atoms with Gasteiger partial charge in [0.2, 0.25) is 0 Å². The maximum absolute atomic E-state index is 5.66. The number of nitrogens with zero attached hydrogens (tertiary/aromatic N) is 1. The molecular weight excluding hydrogens is 282 g/mol. The van der Waals surface area contributed by atoms with E-state index < -0.39 is 0 Å². The molecule has 1 aliphatic carbocycles.